The molecule has 1 aromatic rings. The molecule has 0 saturated heterocycles. The molecule has 0 aliphatic heterocycles. The maximum Gasteiger partial charge on any atom is 0.574 e. The molecule has 0 aromatic carbocycles. The zero-order valence-electron chi connectivity index (χ0n) is 8.41. The molecule has 0 spiro atoms. The molecule has 1 aromatic heterocycles. The Morgan fingerprint density at radius 3 is 2.00 bits per heavy atom. The van der Waals surface area contributed by atoms with Gasteiger partial charge in [-0.25, -0.2) is 13.8 Å². The van der Waals surface area contributed by atoms with Gasteiger partial charge in [-0.15, -0.1) is 13.2 Å². The summed E-state index contributed by atoms with van der Waals surface area (Å²) in [6.07, 6.45) is -14.1. The van der Waals surface area contributed by atoms with Crippen LogP contribution in [-0.2, 0) is 6.18 Å². The van der Waals surface area contributed by atoms with Crippen LogP contribution in [0.5, 0.6) is 5.88 Å². The van der Waals surface area contributed by atoms with Crippen molar-refractivity contribution in [3.8, 4) is 5.88 Å². The third kappa shape index (κ3) is 4.04. The fourth-order valence-electron chi connectivity index (χ4n) is 1.17. The number of aromatic nitrogens is 1. The van der Waals surface area contributed by atoms with E-state index in [-0.39, 0.29) is 0 Å². The van der Waals surface area contributed by atoms with Gasteiger partial charge in [0.1, 0.15) is 0 Å². The lowest BCUT2D eigenvalue weighted by molar-refractivity contribution is -0.277. The summed E-state index contributed by atoms with van der Waals surface area (Å²) in [4.78, 5) is 2.83. The number of nitrogens with zero attached hydrogens (tertiary/aromatic N) is 1. The predicted molar refractivity (Wildman–Crippen MR) is 53.6 cm³/mol. The number of halogens is 9. The van der Waals surface area contributed by atoms with Crippen molar-refractivity contribution in [1.82, 2.24) is 4.98 Å². The Bertz CT molecular complexity index is 469. The van der Waals surface area contributed by atoms with E-state index in [0.29, 0.717) is 6.20 Å². The number of hydrogen-bond donors (Lipinski definition) is 0. The molecule has 11 heteroatoms. The highest BCUT2D eigenvalue weighted by atomic mass is 127. The molecule has 0 radical (unpaired) electrons. The fourth-order valence-corrected chi connectivity index (χ4v) is 1.90. The lowest BCUT2D eigenvalue weighted by Crippen LogP contribution is -2.21. The van der Waals surface area contributed by atoms with E-state index in [1.807, 2.05) is 0 Å². The minimum atomic E-state index is -5.42. The van der Waals surface area contributed by atoms with Crippen molar-refractivity contribution in [2.75, 3.05) is 0 Å². The van der Waals surface area contributed by atoms with Gasteiger partial charge in [-0.2, -0.15) is 13.2 Å². The Morgan fingerprint density at radius 2 is 1.63 bits per heavy atom. The molecule has 0 unspecified atom stereocenters. The Balaban J connectivity index is 3.51. The second-order valence-electron chi connectivity index (χ2n) is 3.05. The lowest BCUT2D eigenvalue weighted by Gasteiger charge is -2.18. The van der Waals surface area contributed by atoms with Gasteiger partial charge < -0.3 is 4.74 Å². The van der Waals surface area contributed by atoms with Crippen molar-refractivity contribution in [1.29, 1.82) is 0 Å². The molecule has 0 N–H and O–H groups in total. The van der Waals surface area contributed by atoms with E-state index < -0.39 is 39.5 Å². The standard InChI is InChI=1S/C8H2F8INO/c9-5(10)3-4(7(11,12)13)2(17)1-18-6(3)19-8(14,15)16/h1,5H. The summed E-state index contributed by atoms with van der Waals surface area (Å²) in [6, 6.07) is 0. The average molecular weight is 407 g/mol. The van der Waals surface area contributed by atoms with Crippen LogP contribution >= 0.6 is 22.6 Å². The largest absolute Gasteiger partial charge is 0.574 e. The molecule has 0 amide bonds. The maximum atomic E-state index is 12.6. The first-order valence-corrected chi connectivity index (χ1v) is 5.31. The monoisotopic (exact) mass is 407 g/mol. The molecule has 0 aliphatic rings. The highest BCUT2D eigenvalue weighted by Crippen LogP contribution is 2.43. The molecule has 0 atom stereocenters. The van der Waals surface area contributed by atoms with Crippen LogP contribution in [0.4, 0.5) is 35.1 Å². The number of rotatable bonds is 2. The molecule has 0 fully saturated rings. The molecule has 0 saturated carbocycles. The highest BCUT2D eigenvalue weighted by Gasteiger charge is 2.43. The van der Waals surface area contributed by atoms with E-state index in [4.69, 9.17) is 0 Å². The van der Waals surface area contributed by atoms with Crippen LogP contribution in [0.15, 0.2) is 6.20 Å². The van der Waals surface area contributed by atoms with Crippen LogP contribution in [0.25, 0.3) is 0 Å². The van der Waals surface area contributed by atoms with Crippen LogP contribution in [0.3, 0.4) is 0 Å². The summed E-state index contributed by atoms with van der Waals surface area (Å²) in [5.41, 5.74) is -3.82. The number of ether oxygens (including phenoxy) is 1. The number of hydrogen-bond acceptors (Lipinski definition) is 2. The van der Waals surface area contributed by atoms with Crippen LogP contribution in [0.1, 0.15) is 17.6 Å². The summed E-state index contributed by atoms with van der Waals surface area (Å²) in [5, 5.41) is 0. The smallest absolute Gasteiger partial charge is 0.387 e. The van der Waals surface area contributed by atoms with Gasteiger partial charge in [0.2, 0.25) is 5.88 Å². The Labute approximate surface area is 113 Å². The van der Waals surface area contributed by atoms with Crippen molar-refractivity contribution in [3.05, 3.63) is 20.9 Å². The molecular weight excluding hydrogens is 405 g/mol. The predicted octanol–water partition coefficient (Wildman–Crippen LogP) is 4.54. The van der Waals surface area contributed by atoms with E-state index in [2.05, 4.69) is 9.72 Å². The van der Waals surface area contributed by atoms with Gasteiger partial charge in [-0.05, 0) is 22.6 Å². The van der Waals surface area contributed by atoms with Gasteiger partial charge in [0.25, 0.3) is 6.43 Å². The molecular formula is C8H2F8INO. The van der Waals surface area contributed by atoms with Gasteiger partial charge in [-0.3, -0.25) is 0 Å². The van der Waals surface area contributed by atoms with Gasteiger partial charge in [0.05, 0.1) is 11.1 Å². The SMILES string of the molecule is FC(F)c1c(OC(F)(F)F)ncc(I)c1C(F)(F)F. The van der Waals surface area contributed by atoms with E-state index in [1.54, 1.807) is 0 Å². The summed E-state index contributed by atoms with van der Waals surface area (Å²) in [7, 11) is 0. The maximum absolute atomic E-state index is 12.6. The lowest BCUT2D eigenvalue weighted by atomic mass is 10.1. The molecule has 19 heavy (non-hydrogen) atoms. The van der Waals surface area contributed by atoms with E-state index in [9.17, 15) is 35.1 Å². The Morgan fingerprint density at radius 1 is 1.11 bits per heavy atom. The van der Waals surface area contributed by atoms with Crippen molar-refractivity contribution in [3.63, 3.8) is 0 Å². The molecule has 1 rings (SSSR count). The zero-order chi connectivity index (χ0) is 15.0. The number of alkyl halides is 8. The second kappa shape index (κ2) is 5.25. The summed E-state index contributed by atoms with van der Waals surface area (Å²) >= 11 is 1.05. The minimum Gasteiger partial charge on any atom is -0.387 e. The molecule has 2 nitrogen and oxygen atoms in total. The second-order valence-corrected chi connectivity index (χ2v) is 4.21. The van der Waals surface area contributed by atoms with Gasteiger partial charge in [0, 0.05) is 9.77 Å². The van der Waals surface area contributed by atoms with Crippen LogP contribution in [0.2, 0.25) is 0 Å². The molecule has 0 aliphatic carbocycles. The van der Waals surface area contributed by atoms with Gasteiger partial charge >= 0.3 is 12.5 Å². The van der Waals surface area contributed by atoms with Crippen LogP contribution < -0.4 is 4.74 Å². The van der Waals surface area contributed by atoms with E-state index in [0.717, 1.165) is 22.6 Å². The topological polar surface area (TPSA) is 22.1 Å². The van der Waals surface area contributed by atoms with E-state index >= 15 is 0 Å². The third-order valence-corrected chi connectivity index (χ3v) is 2.57. The summed E-state index contributed by atoms with van der Waals surface area (Å²) in [6.45, 7) is 0. The van der Waals surface area contributed by atoms with Gasteiger partial charge in [0.15, 0.2) is 0 Å². The average Bonchev–Trinajstić information content (AvgIpc) is 2.15. The first-order valence-electron chi connectivity index (χ1n) is 4.23. The van der Waals surface area contributed by atoms with E-state index in [1.165, 1.54) is 0 Å². The van der Waals surface area contributed by atoms with Crippen LogP contribution in [0, 0.1) is 3.57 Å². The van der Waals surface area contributed by atoms with Gasteiger partial charge in [-0.1, -0.05) is 0 Å². The summed E-state index contributed by atoms with van der Waals surface area (Å²) in [5.74, 6) is -1.81. The van der Waals surface area contributed by atoms with Crippen LogP contribution in [-0.4, -0.2) is 11.3 Å². The molecule has 108 valence electrons. The Kier molecular flexibility index (Phi) is 4.47. The van der Waals surface area contributed by atoms with Crippen molar-refractivity contribution in [2.45, 2.75) is 19.0 Å². The Hall–Kier alpha value is -0.880. The minimum absolute atomic E-state index is 0.371. The quantitative estimate of drug-likeness (QED) is 0.531. The van der Waals surface area contributed by atoms with Crippen molar-refractivity contribution >= 4 is 22.6 Å². The first kappa shape index (κ1) is 16.2. The third-order valence-electron chi connectivity index (χ3n) is 1.75. The van der Waals surface area contributed by atoms with Crippen molar-refractivity contribution < 1.29 is 39.9 Å². The zero-order valence-corrected chi connectivity index (χ0v) is 10.6. The van der Waals surface area contributed by atoms with Crippen molar-refractivity contribution in [2.24, 2.45) is 0 Å². The summed E-state index contributed by atoms with van der Waals surface area (Å²) < 4.78 is 101. The molecule has 1 heterocycles. The highest BCUT2D eigenvalue weighted by molar-refractivity contribution is 14.1. The number of pyridine rings is 1. The first-order chi connectivity index (χ1) is 8.43. The fraction of sp³-hybridized carbons (Fsp3) is 0.375. The molecule has 0 bridgehead atoms. The normalized spacial score (nSPS) is 12.9.